The number of methoxy groups -OCH3 is 1. The molecule has 0 spiro atoms. The summed E-state index contributed by atoms with van der Waals surface area (Å²) < 4.78 is 21.4. The van der Waals surface area contributed by atoms with Crippen molar-refractivity contribution in [3.05, 3.63) is 0 Å². The first-order valence-electron chi connectivity index (χ1n) is 6.77. The lowest BCUT2D eigenvalue weighted by Crippen LogP contribution is -2.50. The van der Waals surface area contributed by atoms with E-state index < -0.39 is 12.4 Å². The van der Waals surface area contributed by atoms with E-state index in [9.17, 15) is 9.59 Å². The number of ether oxygens (including phenoxy) is 4. The molecular formula is C13H19NO6. The third-order valence-corrected chi connectivity index (χ3v) is 4.77. The second-order valence-corrected chi connectivity index (χ2v) is 5.70. The summed E-state index contributed by atoms with van der Waals surface area (Å²) >= 11 is 0. The summed E-state index contributed by atoms with van der Waals surface area (Å²) in [6.07, 6.45) is -0.337. The summed E-state index contributed by atoms with van der Waals surface area (Å²) in [5.74, 6) is -0.664. The van der Waals surface area contributed by atoms with Gasteiger partial charge in [0.2, 0.25) is 6.29 Å². The standard InChI is InChI=1S/C13H19NO6/c1-13-8(20-13)4-6-7(10(15)17-3)5-18-11(9(6)13)19-12(16)14-2/h6-9,11H,4-5H2,1-3H3,(H,14,16)/t6-,7+,8+,9+,11+,13+/m1/s1. The minimum absolute atomic E-state index is 0.0645. The van der Waals surface area contributed by atoms with Crippen molar-refractivity contribution in [3.8, 4) is 0 Å². The second kappa shape index (κ2) is 4.60. The van der Waals surface area contributed by atoms with Gasteiger partial charge < -0.3 is 24.3 Å². The number of alkyl carbamates (subject to hydrolysis) is 1. The molecule has 0 aromatic heterocycles. The first kappa shape index (κ1) is 13.6. The summed E-state index contributed by atoms with van der Waals surface area (Å²) in [5, 5.41) is 2.40. The lowest BCUT2D eigenvalue weighted by Gasteiger charge is -2.40. The molecule has 0 radical (unpaired) electrons. The molecule has 2 saturated heterocycles. The molecule has 0 bridgehead atoms. The minimum Gasteiger partial charge on any atom is -0.469 e. The SMILES string of the molecule is CNC(=O)O[C@@H]1OC[C@H](C(=O)OC)[C@H]2C[C@@H]3O[C@]3(C)[C@H]12. The van der Waals surface area contributed by atoms with Crippen molar-refractivity contribution >= 4 is 12.1 Å². The van der Waals surface area contributed by atoms with Crippen LogP contribution in [0.3, 0.4) is 0 Å². The van der Waals surface area contributed by atoms with Crippen molar-refractivity contribution in [2.24, 2.45) is 17.8 Å². The van der Waals surface area contributed by atoms with Gasteiger partial charge in [-0.25, -0.2) is 4.79 Å². The molecule has 3 fully saturated rings. The lowest BCUT2D eigenvalue weighted by atomic mass is 9.78. The molecule has 1 aliphatic carbocycles. The van der Waals surface area contributed by atoms with Crippen molar-refractivity contribution in [2.45, 2.75) is 31.3 Å². The molecule has 7 heteroatoms. The van der Waals surface area contributed by atoms with Gasteiger partial charge in [0.15, 0.2) is 0 Å². The molecule has 6 atom stereocenters. The maximum absolute atomic E-state index is 11.9. The fourth-order valence-electron chi connectivity index (χ4n) is 3.65. The van der Waals surface area contributed by atoms with Gasteiger partial charge in [-0.2, -0.15) is 0 Å². The van der Waals surface area contributed by atoms with Crippen LogP contribution >= 0.6 is 0 Å². The van der Waals surface area contributed by atoms with Gasteiger partial charge in [-0.1, -0.05) is 0 Å². The maximum atomic E-state index is 11.9. The topological polar surface area (TPSA) is 86.4 Å². The fraction of sp³-hybridized carbons (Fsp3) is 0.846. The van der Waals surface area contributed by atoms with E-state index in [1.54, 1.807) is 0 Å². The van der Waals surface area contributed by atoms with E-state index in [0.717, 1.165) is 6.42 Å². The average molecular weight is 285 g/mol. The van der Waals surface area contributed by atoms with Crippen molar-refractivity contribution in [2.75, 3.05) is 20.8 Å². The van der Waals surface area contributed by atoms with Crippen LogP contribution in [-0.4, -0.2) is 50.8 Å². The Kier molecular flexibility index (Phi) is 3.13. The Morgan fingerprint density at radius 3 is 2.80 bits per heavy atom. The van der Waals surface area contributed by atoms with Crippen molar-refractivity contribution in [1.29, 1.82) is 0 Å². The first-order valence-corrected chi connectivity index (χ1v) is 6.77. The second-order valence-electron chi connectivity index (χ2n) is 5.70. The molecule has 3 rings (SSSR count). The van der Waals surface area contributed by atoms with Gasteiger partial charge in [0, 0.05) is 7.05 Å². The number of nitrogens with one attached hydrogen (secondary N) is 1. The van der Waals surface area contributed by atoms with E-state index in [0.29, 0.717) is 0 Å². The van der Waals surface area contributed by atoms with Crippen molar-refractivity contribution in [1.82, 2.24) is 5.32 Å². The Balaban J connectivity index is 1.80. The van der Waals surface area contributed by atoms with E-state index in [2.05, 4.69) is 5.32 Å². The van der Waals surface area contributed by atoms with Crippen LogP contribution in [-0.2, 0) is 23.7 Å². The number of carbonyl (C=O) groups is 2. The van der Waals surface area contributed by atoms with E-state index in [1.807, 2.05) is 6.92 Å². The highest BCUT2D eigenvalue weighted by Crippen LogP contribution is 2.61. The van der Waals surface area contributed by atoms with Crippen LogP contribution in [0, 0.1) is 17.8 Å². The third-order valence-electron chi connectivity index (χ3n) is 4.77. The van der Waals surface area contributed by atoms with Gasteiger partial charge in [-0.15, -0.1) is 0 Å². The van der Waals surface area contributed by atoms with Crippen LogP contribution in [0.2, 0.25) is 0 Å². The Bertz CT molecular complexity index is 441. The number of esters is 1. The van der Waals surface area contributed by atoms with Crippen LogP contribution < -0.4 is 5.32 Å². The Labute approximate surface area is 116 Å². The number of amides is 1. The molecule has 112 valence electrons. The molecule has 2 heterocycles. The van der Waals surface area contributed by atoms with Gasteiger partial charge in [0.05, 0.1) is 31.7 Å². The zero-order chi connectivity index (χ0) is 14.5. The van der Waals surface area contributed by atoms with E-state index in [-0.39, 0.29) is 42.0 Å². The van der Waals surface area contributed by atoms with E-state index >= 15 is 0 Å². The number of rotatable bonds is 2. The van der Waals surface area contributed by atoms with Gasteiger partial charge >= 0.3 is 12.1 Å². The van der Waals surface area contributed by atoms with Crippen LogP contribution in [0.1, 0.15) is 13.3 Å². The summed E-state index contributed by atoms with van der Waals surface area (Å²) in [6.45, 7) is 2.18. The Morgan fingerprint density at radius 1 is 1.40 bits per heavy atom. The highest BCUT2D eigenvalue weighted by Gasteiger charge is 2.71. The van der Waals surface area contributed by atoms with Gasteiger partial charge in [-0.05, 0) is 19.3 Å². The summed E-state index contributed by atoms with van der Waals surface area (Å²) in [4.78, 5) is 23.3. The lowest BCUT2D eigenvalue weighted by molar-refractivity contribution is -0.214. The highest BCUT2D eigenvalue weighted by atomic mass is 16.7. The molecule has 0 aromatic rings. The summed E-state index contributed by atoms with van der Waals surface area (Å²) in [7, 11) is 2.87. The molecule has 1 amide bonds. The zero-order valence-electron chi connectivity index (χ0n) is 11.8. The predicted octanol–water partition coefficient (Wildman–Crippen LogP) is 0.282. The largest absolute Gasteiger partial charge is 0.469 e. The van der Waals surface area contributed by atoms with E-state index in [1.165, 1.54) is 14.2 Å². The van der Waals surface area contributed by atoms with Crippen LogP contribution in [0.5, 0.6) is 0 Å². The average Bonchev–Trinajstić information content (AvgIpc) is 3.00. The van der Waals surface area contributed by atoms with Gasteiger partial charge in [0.25, 0.3) is 0 Å². The molecule has 1 N–H and O–H groups in total. The van der Waals surface area contributed by atoms with E-state index in [4.69, 9.17) is 18.9 Å². The minimum atomic E-state index is -0.682. The smallest absolute Gasteiger partial charge is 0.409 e. The Morgan fingerprint density at radius 2 is 2.15 bits per heavy atom. The number of hydrogen-bond donors (Lipinski definition) is 1. The molecular weight excluding hydrogens is 266 g/mol. The van der Waals surface area contributed by atoms with Crippen LogP contribution in [0.25, 0.3) is 0 Å². The normalized spacial score (nSPS) is 45.0. The number of epoxide rings is 1. The fourth-order valence-corrected chi connectivity index (χ4v) is 3.65. The maximum Gasteiger partial charge on any atom is 0.409 e. The number of carbonyl (C=O) groups excluding carboxylic acids is 2. The van der Waals surface area contributed by atoms with Crippen molar-refractivity contribution < 1.29 is 28.5 Å². The number of hydrogen-bond acceptors (Lipinski definition) is 6. The highest BCUT2D eigenvalue weighted by molar-refractivity contribution is 5.73. The zero-order valence-corrected chi connectivity index (χ0v) is 11.8. The number of fused-ring (bicyclic) bond motifs is 3. The van der Waals surface area contributed by atoms with Crippen molar-refractivity contribution in [3.63, 3.8) is 0 Å². The molecule has 3 aliphatic rings. The summed E-state index contributed by atoms with van der Waals surface area (Å²) in [5.41, 5.74) is -0.365. The molecule has 1 saturated carbocycles. The Hall–Kier alpha value is -1.34. The molecule has 0 aromatic carbocycles. The molecule has 7 nitrogen and oxygen atoms in total. The van der Waals surface area contributed by atoms with Gasteiger partial charge in [0.1, 0.15) is 5.60 Å². The van der Waals surface area contributed by atoms with Crippen LogP contribution in [0.15, 0.2) is 0 Å². The molecule has 20 heavy (non-hydrogen) atoms. The third kappa shape index (κ3) is 1.88. The monoisotopic (exact) mass is 285 g/mol. The van der Waals surface area contributed by atoms with Gasteiger partial charge in [-0.3, -0.25) is 4.79 Å². The summed E-state index contributed by atoms with van der Waals surface area (Å²) in [6, 6.07) is 0. The van der Waals surface area contributed by atoms with Crippen LogP contribution in [0.4, 0.5) is 4.79 Å². The molecule has 2 aliphatic heterocycles. The first-order chi connectivity index (χ1) is 9.51. The predicted molar refractivity (Wildman–Crippen MR) is 65.7 cm³/mol. The quantitative estimate of drug-likeness (QED) is 0.579. The molecule has 0 unspecified atom stereocenters.